The zero-order valence-corrected chi connectivity index (χ0v) is 18.6. The molecule has 0 spiro atoms. The molecule has 6 rings (SSSR count). The number of halogens is 1. The van der Waals surface area contributed by atoms with E-state index in [9.17, 15) is 14.3 Å². The van der Waals surface area contributed by atoms with Gasteiger partial charge in [0.1, 0.15) is 11.4 Å². The lowest BCUT2D eigenvalue weighted by atomic mass is 9.63. The minimum Gasteiger partial charge on any atom is -0.377 e. The number of amides is 1. The highest BCUT2D eigenvalue weighted by Gasteiger charge is 2.64. The van der Waals surface area contributed by atoms with E-state index in [0.717, 1.165) is 30.5 Å². The Morgan fingerprint density at radius 3 is 2.79 bits per heavy atom. The van der Waals surface area contributed by atoms with E-state index in [1.165, 1.54) is 17.7 Å². The van der Waals surface area contributed by atoms with Gasteiger partial charge in [-0.2, -0.15) is 5.10 Å². The Morgan fingerprint density at radius 1 is 1.21 bits per heavy atom. The van der Waals surface area contributed by atoms with E-state index in [4.69, 9.17) is 5.73 Å². The van der Waals surface area contributed by atoms with Crippen molar-refractivity contribution in [3.8, 4) is 17.5 Å². The average Bonchev–Trinajstić information content (AvgIpc) is 3.54. The van der Waals surface area contributed by atoms with Gasteiger partial charge in [0.05, 0.1) is 23.1 Å². The van der Waals surface area contributed by atoms with Crippen molar-refractivity contribution in [1.29, 1.82) is 0 Å². The highest BCUT2D eigenvalue weighted by atomic mass is 19.1. The van der Waals surface area contributed by atoms with Crippen LogP contribution in [0.25, 0.3) is 11.8 Å². The summed E-state index contributed by atoms with van der Waals surface area (Å²) in [6.45, 7) is 0. The maximum absolute atomic E-state index is 13.9. The Kier molecular flexibility index (Phi) is 4.55. The lowest BCUT2D eigenvalue weighted by Crippen LogP contribution is -2.48. The molecule has 3 aliphatic rings. The quantitative estimate of drug-likeness (QED) is 0.588. The molecular weight excluding hydrogens is 429 g/mol. The molecule has 0 bridgehead atoms. The first kappa shape index (κ1) is 20.9. The minimum absolute atomic E-state index is 0.306. The molecule has 3 aliphatic carbocycles. The molecule has 34 heavy (non-hydrogen) atoms. The van der Waals surface area contributed by atoms with Crippen LogP contribution in [-0.2, 0) is 6.42 Å². The summed E-state index contributed by atoms with van der Waals surface area (Å²) in [6.07, 6.45) is 7.94. The summed E-state index contributed by atoms with van der Waals surface area (Å²) in [5, 5.41) is 16.6. The average molecular weight is 454 g/mol. The zero-order valence-electron chi connectivity index (χ0n) is 18.6. The van der Waals surface area contributed by atoms with Gasteiger partial charge in [-0.25, -0.2) is 9.07 Å². The van der Waals surface area contributed by atoms with E-state index < -0.39 is 16.9 Å². The number of fused-ring (bicyclic) bond motifs is 2. The molecule has 0 saturated heterocycles. The standard InChI is InChI=1S/C28H24FN3O2/c29-22-5-3-6-23(15-22)32-25-14-21-11-13-27(34,12-10-18-4-1-2-7-24(18)26(30)33)28(21,20-8-9-20)16-19(25)17-31-32/h1-7,14-15,17,20,34H,8-9,11,13,16H2,(H2,30,33)/t27-,28?/m0/s1. The molecule has 0 aliphatic heterocycles. The third-order valence-corrected chi connectivity index (χ3v) is 7.66. The Balaban J connectivity index is 1.44. The monoisotopic (exact) mass is 453 g/mol. The van der Waals surface area contributed by atoms with Crippen LogP contribution in [0.3, 0.4) is 0 Å². The van der Waals surface area contributed by atoms with Crippen LogP contribution in [0.4, 0.5) is 4.39 Å². The fourth-order valence-electron chi connectivity index (χ4n) is 5.92. The topological polar surface area (TPSA) is 81.1 Å². The number of aromatic nitrogens is 2. The highest BCUT2D eigenvalue weighted by molar-refractivity contribution is 5.95. The molecule has 1 aromatic heterocycles. The lowest BCUT2D eigenvalue weighted by Gasteiger charge is -2.43. The molecule has 1 heterocycles. The number of benzene rings is 2. The van der Waals surface area contributed by atoms with Crippen molar-refractivity contribution in [2.75, 3.05) is 0 Å². The van der Waals surface area contributed by atoms with Crippen LogP contribution in [-0.4, -0.2) is 26.4 Å². The third-order valence-electron chi connectivity index (χ3n) is 7.66. The lowest BCUT2D eigenvalue weighted by molar-refractivity contribution is -0.00859. The second-order valence-corrected chi connectivity index (χ2v) is 9.56. The Bertz CT molecular complexity index is 1420. The van der Waals surface area contributed by atoms with Crippen LogP contribution in [0.15, 0.2) is 60.3 Å². The van der Waals surface area contributed by atoms with Crippen molar-refractivity contribution >= 4 is 12.0 Å². The van der Waals surface area contributed by atoms with E-state index >= 15 is 0 Å². The van der Waals surface area contributed by atoms with Crippen molar-refractivity contribution in [3.05, 3.63) is 88.5 Å². The van der Waals surface area contributed by atoms with Gasteiger partial charge in [0, 0.05) is 11.0 Å². The van der Waals surface area contributed by atoms with Crippen LogP contribution in [0, 0.1) is 29.0 Å². The van der Waals surface area contributed by atoms with Crippen LogP contribution in [0.5, 0.6) is 0 Å². The second kappa shape index (κ2) is 7.41. The summed E-state index contributed by atoms with van der Waals surface area (Å²) >= 11 is 0. The molecule has 3 aromatic rings. The SMILES string of the molecule is NC(=O)c1ccccc1C#C[C@]1(O)CCC2=Cc3c(cnn3-c3cccc(F)c3)CC21C1CC1. The van der Waals surface area contributed by atoms with Crippen LogP contribution in [0.1, 0.15) is 52.9 Å². The number of carbonyl (C=O) groups excluding carboxylic acids is 1. The number of aliphatic hydroxyl groups is 1. The Morgan fingerprint density at radius 2 is 2.03 bits per heavy atom. The smallest absolute Gasteiger partial charge is 0.249 e. The molecule has 0 radical (unpaired) electrons. The van der Waals surface area contributed by atoms with Gasteiger partial charge in [-0.1, -0.05) is 35.6 Å². The first-order chi connectivity index (χ1) is 16.4. The third kappa shape index (κ3) is 3.04. The largest absolute Gasteiger partial charge is 0.377 e. The molecule has 2 fully saturated rings. The van der Waals surface area contributed by atoms with E-state index in [-0.39, 0.29) is 5.82 Å². The molecule has 2 saturated carbocycles. The molecule has 1 unspecified atom stereocenters. The van der Waals surface area contributed by atoms with Crippen LogP contribution < -0.4 is 5.73 Å². The fraction of sp³-hybridized carbons (Fsp3) is 0.286. The van der Waals surface area contributed by atoms with Crippen molar-refractivity contribution < 1.29 is 14.3 Å². The zero-order chi connectivity index (χ0) is 23.5. The predicted molar refractivity (Wildman–Crippen MR) is 126 cm³/mol. The maximum atomic E-state index is 13.9. The van der Waals surface area contributed by atoms with Gasteiger partial charge in [0.15, 0.2) is 0 Å². The van der Waals surface area contributed by atoms with E-state index in [2.05, 4.69) is 23.0 Å². The van der Waals surface area contributed by atoms with Crippen molar-refractivity contribution in [2.45, 2.75) is 37.7 Å². The molecular formula is C28H24FN3O2. The number of primary amides is 1. The Labute approximate surface area is 197 Å². The van der Waals surface area contributed by atoms with Gasteiger partial charge in [0.25, 0.3) is 0 Å². The summed E-state index contributed by atoms with van der Waals surface area (Å²) in [5.41, 5.74) is 8.53. The predicted octanol–water partition coefficient (Wildman–Crippen LogP) is 4.02. The molecule has 6 heteroatoms. The number of nitrogens with zero attached hydrogens (tertiary/aromatic N) is 2. The number of carbonyl (C=O) groups is 1. The summed E-state index contributed by atoms with van der Waals surface area (Å²) in [4.78, 5) is 11.8. The molecule has 5 nitrogen and oxygen atoms in total. The van der Waals surface area contributed by atoms with Gasteiger partial charge >= 0.3 is 0 Å². The number of rotatable bonds is 3. The number of hydrogen-bond donors (Lipinski definition) is 2. The normalized spacial score (nSPS) is 25.1. The molecule has 1 amide bonds. The summed E-state index contributed by atoms with van der Waals surface area (Å²) < 4.78 is 15.6. The van der Waals surface area contributed by atoms with Gasteiger partial charge in [0.2, 0.25) is 5.91 Å². The molecule has 2 aromatic carbocycles. The van der Waals surface area contributed by atoms with Gasteiger partial charge < -0.3 is 10.8 Å². The number of hydrogen-bond acceptors (Lipinski definition) is 3. The van der Waals surface area contributed by atoms with E-state index in [1.54, 1.807) is 28.9 Å². The fourth-order valence-corrected chi connectivity index (χ4v) is 5.92. The Hall–Kier alpha value is -3.69. The molecule has 2 atom stereocenters. The van der Waals surface area contributed by atoms with Crippen LogP contribution >= 0.6 is 0 Å². The summed E-state index contributed by atoms with van der Waals surface area (Å²) in [5.74, 6) is 5.78. The highest BCUT2D eigenvalue weighted by Crippen LogP contribution is 2.65. The molecule has 3 N–H and O–H groups in total. The van der Waals surface area contributed by atoms with Crippen molar-refractivity contribution in [1.82, 2.24) is 9.78 Å². The van der Waals surface area contributed by atoms with Crippen molar-refractivity contribution in [2.24, 2.45) is 17.1 Å². The van der Waals surface area contributed by atoms with Gasteiger partial charge in [-0.05, 0) is 80.0 Å². The van der Waals surface area contributed by atoms with Gasteiger partial charge in [-0.15, -0.1) is 0 Å². The van der Waals surface area contributed by atoms with Gasteiger partial charge in [-0.3, -0.25) is 4.79 Å². The minimum atomic E-state index is -1.22. The molecule has 170 valence electrons. The maximum Gasteiger partial charge on any atom is 0.249 e. The number of nitrogens with two attached hydrogens (primary N) is 1. The second-order valence-electron chi connectivity index (χ2n) is 9.56. The summed E-state index contributed by atoms with van der Waals surface area (Å²) in [6, 6.07) is 13.4. The summed E-state index contributed by atoms with van der Waals surface area (Å²) in [7, 11) is 0. The van der Waals surface area contributed by atoms with Crippen LogP contribution in [0.2, 0.25) is 0 Å². The first-order valence-electron chi connectivity index (χ1n) is 11.6. The van der Waals surface area contributed by atoms with E-state index in [1.807, 2.05) is 18.3 Å². The van der Waals surface area contributed by atoms with E-state index in [0.29, 0.717) is 35.6 Å². The van der Waals surface area contributed by atoms with Crippen molar-refractivity contribution in [3.63, 3.8) is 0 Å². The first-order valence-corrected chi connectivity index (χ1v) is 11.6.